The number of likely N-dealkylation sites (tertiary alicyclic amines) is 2. The van der Waals surface area contributed by atoms with E-state index in [9.17, 15) is 26.3 Å². The first-order valence-electron chi connectivity index (χ1n) is 11.0. The van der Waals surface area contributed by atoms with E-state index in [1.54, 1.807) is 6.26 Å². The van der Waals surface area contributed by atoms with Gasteiger partial charge in [-0.3, -0.25) is 9.80 Å². The number of hydrogen-bond acceptors (Lipinski definition) is 6. The maximum Gasteiger partial charge on any atom is 0.490 e. The minimum atomic E-state index is -5.08. The Bertz CT molecular complexity index is 771. The lowest BCUT2D eigenvalue weighted by Gasteiger charge is -2.30. The van der Waals surface area contributed by atoms with Gasteiger partial charge in [0.25, 0.3) is 0 Å². The molecule has 8 nitrogen and oxygen atoms in total. The van der Waals surface area contributed by atoms with Crippen molar-refractivity contribution in [2.24, 2.45) is 5.92 Å². The van der Waals surface area contributed by atoms with Crippen molar-refractivity contribution in [3.05, 3.63) is 24.2 Å². The largest absolute Gasteiger partial charge is 0.490 e. The molecule has 0 unspecified atom stereocenters. The number of carboxylic acid groups (broad SMARTS) is 2. The lowest BCUT2D eigenvalue weighted by Crippen LogP contribution is -2.39. The highest BCUT2D eigenvalue weighted by Gasteiger charge is 2.43. The average molecular weight is 518 g/mol. The highest BCUT2D eigenvalue weighted by molar-refractivity contribution is 5.73. The van der Waals surface area contributed by atoms with Crippen molar-refractivity contribution >= 4 is 11.9 Å². The predicted octanol–water partition coefficient (Wildman–Crippen LogP) is 3.62. The molecule has 200 valence electrons. The third-order valence-electron chi connectivity index (χ3n) is 6.06. The molecule has 1 aromatic rings. The van der Waals surface area contributed by atoms with Gasteiger partial charge in [0.15, 0.2) is 0 Å². The van der Waals surface area contributed by atoms with Crippen molar-refractivity contribution in [3.63, 3.8) is 0 Å². The second-order valence-electron chi connectivity index (χ2n) is 8.42. The maximum absolute atomic E-state index is 10.6. The van der Waals surface area contributed by atoms with Gasteiger partial charge in [-0.15, -0.1) is 0 Å². The summed E-state index contributed by atoms with van der Waals surface area (Å²) in [6.45, 7) is 6.72. The summed E-state index contributed by atoms with van der Waals surface area (Å²) in [5.41, 5.74) is 0. The van der Waals surface area contributed by atoms with Crippen LogP contribution in [-0.4, -0.2) is 89.2 Å². The van der Waals surface area contributed by atoms with Gasteiger partial charge >= 0.3 is 24.3 Å². The number of hydrogen-bond donors (Lipinski definition) is 2. The van der Waals surface area contributed by atoms with E-state index in [1.165, 1.54) is 45.3 Å². The maximum atomic E-state index is 10.6. The molecule has 4 rings (SSSR count). The van der Waals surface area contributed by atoms with Gasteiger partial charge in [-0.1, -0.05) is 0 Å². The molecule has 3 fully saturated rings. The van der Waals surface area contributed by atoms with Crippen LogP contribution < -0.4 is 0 Å². The molecule has 3 aliphatic heterocycles. The van der Waals surface area contributed by atoms with E-state index in [-0.39, 0.29) is 0 Å². The zero-order valence-electron chi connectivity index (χ0n) is 18.7. The molecule has 4 heterocycles. The van der Waals surface area contributed by atoms with Crippen LogP contribution in [0, 0.1) is 5.92 Å². The molecule has 0 saturated carbocycles. The van der Waals surface area contributed by atoms with Gasteiger partial charge < -0.3 is 19.4 Å². The van der Waals surface area contributed by atoms with Crippen LogP contribution in [-0.2, 0) is 20.9 Å². The molecule has 3 saturated heterocycles. The Morgan fingerprint density at radius 3 is 1.83 bits per heavy atom. The molecular formula is C21H28F6N2O6. The molecule has 1 aromatic heterocycles. The zero-order chi connectivity index (χ0) is 26.2. The number of carboxylic acids is 2. The van der Waals surface area contributed by atoms with Crippen molar-refractivity contribution < 1.29 is 55.3 Å². The first kappa shape index (κ1) is 28.9. The van der Waals surface area contributed by atoms with Crippen LogP contribution in [0.3, 0.4) is 0 Å². The molecule has 3 aliphatic rings. The van der Waals surface area contributed by atoms with E-state index in [0.717, 1.165) is 43.5 Å². The van der Waals surface area contributed by atoms with Crippen molar-refractivity contribution in [2.75, 3.05) is 32.8 Å². The van der Waals surface area contributed by atoms with E-state index in [1.807, 2.05) is 6.07 Å². The number of alkyl halides is 6. The molecular weight excluding hydrogens is 490 g/mol. The summed E-state index contributed by atoms with van der Waals surface area (Å²) >= 11 is 0. The summed E-state index contributed by atoms with van der Waals surface area (Å²) in [7, 11) is 0. The Morgan fingerprint density at radius 2 is 1.37 bits per heavy atom. The quantitative estimate of drug-likeness (QED) is 0.583. The Labute approximate surface area is 197 Å². The molecule has 0 radical (unpaired) electrons. The third-order valence-corrected chi connectivity index (χ3v) is 6.06. The number of fused-ring (bicyclic) bond motifs is 1. The fourth-order valence-corrected chi connectivity index (χ4v) is 4.45. The van der Waals surface area contributed by atoms with Crippen LogP contribution in [0.4, 0.5) is 26.3 Å². The summed E-state index contributed by atoms with van der Waals surface area (Å²) < 4.78 is 74.5. The fraction of sp³-hybridized carbons (Fsp3) is 0.714. The number of carbonyl (C=O) groups is 2. The van der Waals surface area contributed by atoms with Gasteiger partial charge in [0, 0.05) is 44.9 Å². The van der Waals surface area contributed by atoms with Gasteiger partial charge in [-0.25, -0.2) is 9.59 Å². The van der Waals surface area contributed by atoms with Crippen molar-refractivity contribution in [3.8, 4) is 0 Å². The number of furan rings is 1. The monoisotopic (exact) mass is 518 g/mol. The van der Waals surface area contributed by atoms with Crippen LogP contribution >= 0.6 is 0 Å². The fourth-order valence-electron chi connectivity index (χ4n) is 4.45. The predicted molar refractivity (Wildman–Crippen MR) is 108 cm³/mol. The van der Waals surface area contributed by atoms with E-state index < -0.39 is 24.3 Å². The van der Waals surface area contributed by atoms with Crippen molar-refractivity contribution in [1.82, 2.24) is 9.80 Å². The summed E-state index contributed by atoms with van der Waals surface area (Å²) in [5.74, 6) is -3.55. The molecule has 0 aromatic carbocycles. The number of nitrogens with zero attached hydrogens (tertiary/aromatic N) is 2. The van der Waals surface area contributed by atoms with Gasteiger partial charge in [-0.05, 0) is 43.7 Å². The van der Waals surface area contributed by atoms with Crippen LogP contribution in [0.15, 0.2) is 22.8 Å². The first-order valence-corrected chi connectivity index (χ1v) is 11.0. The summed E-state index contributed by atoms with van der Waals surface area (Å²) in [6, 6.07) is 5.62. The van der Waals surface area contributed by atoms with Crippen molar-refractivity contribution in [1.29, 1.82) is 0 Å². The van der Waals surface area contributed by atoms with E-state index >= 15 is 0 Å². The minimum absolute atomic E-state index is 0.745. The second kappa shape index (κ2) is 12.6. The Balaban J connectivity index is 0.000000257. The van der Waals surface area contributed by atoms with Gasteiger partial charge in [0.2, 0.25) is 0 Å². The van der Waals surface area contributed by atoms with Crippen molar-refractivity contribution in [2.45, 2.75) is 56.7 Å². The lowest BCUT2D eigenvalue weighted by molar-refractivity contribution is -0.193. The molecule has 0 aliphatic carbocycles. The normalized spacial score (nSPS) is 23.6. The summed E-state index contributed by atoms with van der Waals surface area (Å²) in [6.07, 6.45) is -3.22. The molecule has 0 amide bonds. The van der Waals surface area contributed by atoms with Crippen LogP contribution in [0.1, 0.15) is 31.4 Å². The van der Waals surface area contributed by atoms with Crippen LogP contribution in [0.25, 0.3) is 0 Å². The standard InChI is InChI=1S/C17H26N2O2.2C2HF3O2/c1-2-15(21-9-1)13-19-8-4-16-17(19)3-7-18(16)12-14-5-10-20-11-6-14;2*3-2(4,5)1(6)7/h1-2,9,14,16-17H,3-8,10-13H2;2*(H,6,7)/t16-,17+;;/m0../s1. The molecule has 14 heteroatoms. The third kappa shape index (κ3) is 9.33. The summed E-state index contributed by atoms with van der Waals surface area (Å²) in [5, 5.41) is 14.2. The average Bonchev–Trinajstić information content (AvgIpc) is 3.49. The number of ether oxygens (including phenoxy) is 1. The van der Waals surface area contributed by atoms with Gasteiger partial charge in [0.05, 0.1) is 12.8 Å². The molecule has 35 heavy (non-hydrogen) atoms. The van der Waals surface area contributed by atoms with Crippen LogP contribution in [0.5, 0.6) is 0 Å². The van der Waals surface area contributed by atoms with Crippen LogP contribution in [0.2, 0.25) is 0 Å². The Kier molecular flexibility index (Phi) is 10.4. The minimum Gasteiger partial charge on any atom is -0.475 e. The van der Waals surface area contributed by atoms with E-state index in [2.05, 4.69) is 15.9 Å². The number of rotatable bonds is 4. The Hall–Kier alpha value is -2.32. The zero-order valence-corrected chi connectivity index (χ0v) is 18.7. The first-order chi connectivity index (χ1) is 16.3. The second-order valence-corrected chi connectivity index (χ2v) is 8.42. The number of halogens is 6. The smallest absolute Gasteiger partial charge is 0.475 e. The summed E-state index contributed by atoms with van der Waals surface area (Å²) in [4.78, 5) is 23.2. The molecule has 0 spiro atoms. The van der Waals surface area contributed by atoms with Gasteiger partial charge in [0.1, 0.15) is 5.76 Å². The lowest BCUT2D eigenvalue weighted by atomic mass is 9.99. The topological polar surface area (TPSA) is 103 Å². The highest BCUT2D eigenvalue weighted by Crippen LogP contribution is 2.34. The Morgan fingerprint density at radius 1 is 0.886 bits per heavy atom. The molecule has 2 atom stereocenters. The molecule has 2 N–H and O–H groups in total. The van der Waals surface area contributed by atoms with E-state index in [0.29, 0.717) is 0 Å². The SMILES string of the molecule is O=C(O)C(F)(F)F.O=C(O)C(F)(F)F.c1coc(CN2CC[C@H]3[C@H]2CCN3CC2CCOCC2)c1. The van der Waals surface area contributed by atoms with E-state index in [4.69, 9.17) is 29.0 Å². The highest BCUT2D eigenvalue weighted by atomic mass is 19.4. The molecule has 0 bridgehead atoms. The number of aliphatic carboxylic acids is 2. The van der Waals surface area contributed by atoms with Gasteiger partial charge in [-0.2, -0.15) is 26.3 Å².